The highest BCUT2D eigenvalue weighted by atomic mass is 35.5. The summed E-state index contributed by atoms with van der Waals surface area (Å²) in [5.74, 6) is -0.110. The molecule has 5 heterocycles. The molecule has 3 N–H and O–H groups in total. The average molecular weight is 588 g/mol. The number of aromatic nitrogens is 4. The molecule has 6 rings (SSSR count). The first-order valence-electron chi connectivity index (χ1n) is 11.4. The summed E-state index contributed by atoms with van der Waals surface area (Å²) in [4.78, 5) is 35.2. The number of anilines is 1. The molecule has 3 aliphatic rings. The van der Waals surface area contributed by atoms with Gasteiger partial charge in [-0.2, -0.15) is 4.98 Å². The van der Waals surface area contributed by atoms with E-state index in [2.05, 4.69) is 15.0 Å². The van der Waals surface area contributed by atoms with Gasteiger partial charge in [0, 0.05) is 16.5 Å². The quantitative estimate of drug-likeness (QED) is 0.328. The maximum atomic E-state index is 13.3. The van der Waals surface area contributed by atoms with E-state index in [9.17, 15) is 14.2 Å². The van der Waals surface area contributed by atoms with Gasteiger partial charge < -0.3 is 19.9 Å². The van der Waals surface area contributed by atoms with Gasteiger partial charge in [0.1, 0.15) is 12.4 Å². The summed E-state index contributed by atoms with van der Waals surface area (Å²) in [7, 11) is -4.07. The molecule has 202 valence electrons. The molecule has 0 bridgehead atoms. The number of H-pyrrole nitrogens is 1. The first-order chi connectivity index (χ1) is 18.0. The van der Waals surface area contributed by atoms with Crippen LogP contribution in [0.5, 0.6) is 0 Å². The third-order valence-electron chi connectivity index (χ3n) is 6.47. The predicted octanol–water partition coefficient (Wildman–Crippen LogP) is 3.50. The standard InChI is InChI=1S/C21H20Cl2N5O9P/c1-21-15(35-20(30)36-21)13(34-18(21)28-8-25-16-14(28)17(29)27-19(24)26-16)7-33-38(31)32-3-2-12(37-38)9-4-10(22)6-11(23)5-9/h4-6,8,12-13,15,18H,2-3,7H2,1H3,(H3,24,26,27,29)/t12-,13+,15+,18+,21+,38+/m0/s1. The normalized spacial score (nSPS) is 32.8. The SMILES string of the molecule is C[C@@]12OC(=O)O[C@@H]1[C@@H](CO[P@@]1(=O)OCC[C@@H](c3cc(Cl)cc(Cl)c3)O1)O[C@H]2n1cnc2nc(N)[nH]c(=O)c21. The Hall–Kier alpha value is -2.71. The Labute approximate surface area is 223 Å². The van der Waals surface area contributed by atoms with E-state index in [1.807, 2.05) is 0 Å². The number of carbonyl (C=O) groups is 1. The molecule has 3 fully saturated rings. The van der Waals surface area contributed by atoms with Crippen molar-refractivity contribution in [1.82, 2.24) is 19.5 Å². The van der Waals surface area contributed by atoms with E-state index in [0.717, 1.165) is 0 Å². The third kappa shape index (κ3) is 4.35. The topological polar surface area (TPSA) is 179 Å². The van der Waals surface area contributed by atoms with Crippen LogP contribution in [0.3, 0.4) is 0 Å². The molecule has 2 aromatic heterocycles. The van der Waals surface area contributed by atoms with Crippen LogP contribution in [0.1, 0.15) is 31.2 Å². The number of benzene rings is 1. The first kappa shape index (κ1) is 25.6. The molecule has 6 atom stereocenters. The first-order valence-corrected chi connectivity index (χ1v) is 13.6. The number of hydrogen-bond acceptors (Lipinski definition) is 12. The van der Waals surface area contributed by atoms with Crippen LogP contribution < -0.4 is 11.3 Å². The van der Waals surface area contributed by atoms with Crippen LogP contribution in [0.4, 0.5) is 10.7 Å². The second kappa shape index (κ2) is 9.19. The molecule has 0 radical (unpaired) electrons. The second-order valence-corrected chi connectivity index (χ2v) is 11.5. The highest BCUT2D eigenvalue weighted by molar-refractivity contribution is 7.48. The number of rotatable bonds is 5. The maximum absolute atomic E-state index is 13.3. The number of ether oxygens (including phenoxy) is 3. The molecule has 1 aromatic carbocycles. The molecule has 0 spiro atoms. The van der Waals surface area contributed by atoms with Crippen molar-refractivity contribution in [3.8, 4) is 0 Å². The highest BCUT2D eigenvalue weighted by Gasteiger charge is 2.64. The summed E-state index contributed by atoms with van der Waals surface area (Å²) in [6.07, 6.45) is -2.93. The van der Waals surface area contributed by atoms with Gasteiger partial charge in [0.05, 0.1) is 19.3 Å². The Kier molecular flexibility index (Phi) is 6.18. The minimum Gasteiger partial charge on any atom is -0.424 e. The lowest BCUT2D eigenvalue weighted by Crippen LogP contribution is -2.42. The number of hydrogen-bond donors (Lipinski definition) is 2. The molecular weight excluding hydrogens is 568 g/mol. The lowest BCUT2D eigenvalue weighted by molar-refractivity contribution is -0.0924. The molecule has 38 heavy (non-hydrogen) atoms. The molecule has 3 aliphatic heterocycles. The van der Waals surface area contributed by atoms with E-state index in [1.165, 1.54) is 10.9 Å². The van der Waals surface area contributed by atoms with Gasteiger partial charge in [0.25, 0.3) is 5.56 Å². The van der Waals surface area contributed by atoms with E-state index < -0.39 is 49.7 Å². The number of phosphoric acid groups is 1. The Morgan fingerprint density at radius 3 is 2.82 bits per heavy atom. The van der Waals surface area contributed by atoms with E-state index in [4.69, 9.17) is 56.7 Å². The Morgan fingerprint density at radius 1 is 1.29 bits per heavy atom. The number of aromatic amines is 1. The summed E-state index contributed by atoms with van der Waals surface area (Å²) in [5, 5.41) is 0.796. The van der Waals surface area contributed by atoms with Gasteiger partial charge in [-0.3, -0.25) is 27.9 Å². The summed E-state index contributed by atoms with van der Waals surface area (Å²) in [6, 6.07) is 4.87. The van der Waals surface area contributed by atoms with Crippen LogP contribution >= 0.6 is 31.0 Å². The second-order valence-electron chi connectivity index (χ2n) is 9.04. The van der Waals surface area contributed by atoms with Gasteiger partial charge in [-0.25, -0.2) is 14.3 Å². The summed E-state index contributed by atoms with van der Waals surface area (Å²) < 4.78 is 48.3. The number of imidazole rings is 1. The zero-order chi connectivity index (χ0) is 26.8. The Balaban J connectivity index is 1.24. The lowest BCUT2D eigenvalue weighted by Gasteiger charge is -2.30. The van der Waals surface area contributed by atoms with E-state index in [1.54, 1.807) is 25.1 Å². The van der Waals surface area contributed by atoms with Crippen molar-refractivity contribution >= 4 is 54.3 Å². The van der Waals surface area contributed by atoms with Crippen LogP contribution in [0.2, 0.25) is 10.0 Å². The maximum Gasteiger partial charge on any atom is 0.509 e. The van der Waals surface area contributed by atoms with E-state index in [0.29, 0.717) is 22.0 Å². The molecule has 0 aliphatic carbocycles. The molecule has 0 saturated carbocycles. The average Bonchev–Trinajstić information content (AvgIpc) is 3.46. The largest absolute Gasteiger partial charge is 0.509 e. The van der Waals surface area contributed by atoms with Crippen LogP contribution in [-0.4, -0.2) is 56.7 Å². The zero-order valence-electron chi connectivity index (χ0n) is 19.5. The molecule has 3 saturated heterocycles. The van der Waals surface area contributed by atoms with Crippen molar-refractivity contribution in [2.45, 2.75) is 43.5 Å². The van der Waals surface area contributed by atoms with Crippen molar-refractivity contribution in [3.63, 3.8) is 0 Å². The lowest BCUT2D eigenvalue weighted by atomic mass is 9.96. The number of fused-ring (bicyclic) bond motifs is 2. The number of nitrogens with two attached hydrogens (primary N) is 1. The fourth-order valence-corrected chi connectivity index (χ4v) is 6.77. The van der Waals surface area contributed by atoms with Crippen molar-refractivity contribution < 1.29 is 37.1 Å². The number of phosphoric ester groups is 1. The van der Waals surface area contributed by atoms with Crippen LogP contribution in [0.25, 0.3) is 11.2 Å². The van der Waals surface area contributed by atoms with Gasteiger partial charge in [0.15, 0.2) is 29.1 Å². The fraction of sp³-hybridized carbons (Fsp3) is 0.429. The number of nitrogens with one attached hydrogen (secondary N) is 1. The van der Waals surface area contributed by atoms with Crippen molar-refractivity contribution in [2.24, 2.45) is 0 Å². The van der Waals surface area contributed by atoms with Crippen LogP contribution in [0.15, 0.2) is 29.3 Å². The molecule has 3 aromatic rings. The molecular formula is C21H20Cl2N5O9P. The minimum absolute atomic E-state index is 0.0449. The summed E-state index contributed by atoms with van der Waals surface area (Å²) in [6.45, 7) is 1.30. The van der Waals surface area contributed by atoms with Crippen LogP contribution in [-0.2, 0) is 32.3 Å². The highest BCUT2D eigenvalue weighted by Crippen LogP contribution is 2.58. The van der Waals surface area contributed by atoms with Gasteiger partial charge in [0.2, 0.25) is 5.95 Å². The fourth-order valence-electron chi connectivity index (χ4n) is 4.84. The minimum atomic E-state index is -4.07. The zero-order valence-corrected chi connectivity index (χ0v) is 21.9. The van der Waals surface area contributed by atoms with Crippen molar-refractivity contribution in [3.05, 3.63) is 50.5 Å². The summed E-state index contributed by atoms with van der Waals surface area (Å²) in [5.41, 5.74) is 4.37. The number of nitrogens with zero attached hydrogens (tertiary/aromatic N) is 3. The Morgan fingerprint density at radius 2 is 2.05 bits per heavy atom. The smallest absolute Gasteiger partial charge is 0.424 e. The van der Waals surface area contributed by atoms with Gasteiger partial charge in [-0.1, -0.05) is 23.2 Å². The molecule has 14 nitrogen and oxygen atoms in total. The predicted molar refractivity (Wildman–Crippen MR) is 131 cm³/mol. The monoisotopic (exact) mass is 587 g/mol. The Bertz CT molecular complexity index is 1530. The van der Waals surface area contributed by atoms with Crippen molar-refractivity contribution in [2.75, 3.05) is 18.9 Å². The molecule has 0 unspecified atom stereocenters. The van der Waals surface area contributed by atoms with E-state index in [-0.39, 0.29) is 30.3 Å². The van der Waals surface area contributed by atoms with Gasteiger partial charge >= 0.3 is 14.0 Å². The number of halogens is 2. The van der Waals surface area contributed by atoms with Crippen molar-refractivity contribution in [1.29, 1.82) is 0 Å². The number of carbonyl (C=O) groups excluding carboxylic acids is 1. The van der Waals surface area contributed by atoms with E-state index >= 15 is 0 Å². The van der Waals surface area contributed by atoms with Crippen LogP contribution in [0, 0.1) is 0 Å². The number of nitrogen functional groups attached to an aromatic ring is 1. The van der Waals surface area contributed by atoms with Gasteiger partial charge in [-0.05, 0) is 30.7 Å². The molecule has 17 heteroatoms. The molecule has 0 amide bonds. The third-order valence-corrected chi connectivity index (χ3v) is 8.39. The summed E-state index contributed by atoms with van der Waals surface area (Å²) >= 11 is 12.2. The van der Waals surface area contributed by atoms with Gasteiger partial charge in [-0.15, -0.1) is 0 Å².